The number of rotatable bonds is 2. The summed E-state index contributed by atoms with van der Waals surface area (Å²) in [5, 5.41) is 3.39. The standard InChI is InChI=1S/C13H25N5/c1-8-9(17-13(5,6)7)15-11(12(2,3)4)16-10(8)18-14/h14H2,1-7H3,(H2,15,16,17,18). The van der Waals surface area contributed by atoms with Crippen molar-refractivity contribution < 1.29 is 0 Å². The summed E-state index contributed by atoms with van der Waals surface area (Å²) in [7, 11) is 0. The van der Waals surface area contributed by atoms with Gasteiger partial charge in [-0.05, 0) is 27.7 Å². The van der Waals surface area contributed by atoms with Crippen LogP contribution in [0.3, 0.4) is 0 Å². The van der Waals surface area contributed by atoms with Crippen molar-refractivity contribution in [1.29, 1.82) is 0 Å². The molecule has 0 aliphatic heterocycles. The molecular weight excluding hydrogens is 226 g/mol. The van der Waals surface area contributed by atoms with Gasteiger partial charge in [-0.15, -0.1) is 0 Å². The first-order valence-corrected chi connectivity index (χ1v) is 6.18. The highest BCUT2D eigenvalue weighted by Crippen LogP contribution is 2.27. The van der Waals surface area contributed by atoms with Crippen molar-refractivity contribution in [2.24, 2.45) is 5.84 Å². The van der Waals surface area contributed by atoms with E-state index < -0.39 is 0 Å². The van der Waals surface area contributed by atoms with E-state index in [1.807, 2.05) is 6.92 Å². The van der Waals surface area contributed by atoms with Gasteiger partial charge < -0.3 is 10.7 Å². The molecule has 0 aliphatic rings. The zero-order chi connectivity index (χ0) is 14.1. The van der Waals surface area contributed by atoms with Gasteiger partial charge >= 0.3 is 0 Å². The highest BCUT2D eigenvalue weighted by Gasteiger charge is 2.22. The normalized spacial score (nSPS) is 12.4. The summed E-state index contributed by atoms with van der Waals surface area (Å²) in [6, 6.07) is 0. The van der Waals surface area contributed by atoms with Crippen LogP contribution in [0.15, 0.2) is 0 Å². The van der Waals surface area contributed by atoms with Crippen LogP contribution in [0.5, 0.6) is 0 Å². The molecule has 0 saturated carbocycles. The summed E-state index contributed by atoms with van der Waals surface area (Å²) < 4.78 is 0. The number of hydrazine groups is 1. The summed E-state index contributed by atoms with van der Waals surface area (Å²) in [5.74, 6) is 7.80. The minimum absolute atomic E-state index is 0.0554. The molecule has 0 saturated heterocycles. The number of nitrogens with zero attached hydrogens (tertiary/aromatic N) is 2. The van der Waals surface area contributed by atoms with Crippen LogP contribution < -0.4 is 16.6 Å². The maximum absolute atomic E-state index is 5.53. The minimum atomic E-state index is -0.117. The first-order valence-electron chi connectivity index (χ1n) is 6.18. The fourth-order valence-electron chi connectivity index (χ4n) is 1.47. The van der Waals surface area contributed by atoms with Gasteiger partial charge in [0.05, 0.1) is 0 Å². The maximum atomic E-state index is 5.53. The van der Waals surface area contributed by atoms with Crippen molar-refractivity contribution in [2.75, 3.05) is 10.7 Å². The third-order valence-electron chi connectivity index (χ3n) is 2.45. The van der Waals surface area contributed by atoms with Crippen LogP contribution in [0.25, 0.3) is 0 Å². The predicted octanol–water partition coefficient (Wildman–Crippen LogP) is 2.58. The second kappa shape index (κ2) is 4.72. The van der Waals surface area contributed by atoms with Gasteiger partial charge in [-0.25, -0.2) is 15.8 Å². The van der Waals surface area contributed by atoms with Gasteiger partial charge in [-0.3, -0.25) is 0 Å². The molecule has 0 spiro atoms. The van der Waals surface area contributed by atoms with Gasteiger partial charge in [0.15, 0.2) is 0 Å². The average Bonchev–Trinajstić information content (AvgIpc) is 2.17. The van der Waals surface area contributed by atoms with Crippen molar-refractivity contribution in [3.63, 3.8) is 0 Å². The number of nitrogen functional groups attached to an aromatic ring is 1. The van der Waals surface area contributed by atoms with E-state index in [2.05, 4.69) is 62.3 Å². The molecule has 0 fully saturated rings. The monoisotopic (exact) mass is 251 g/mol. The molecule has 18 heavy (non-hydrogen) atoms. The van der Waals surface area contributed by atoms with Crippen molar-refractivity contribution in [3.8, 4) is 0 Å². The van der Waals surface area contributed by atoms with E-state index in [1.54, 1.807) is 0 Å². The first-order chi connectivity index (χ1) is 8.04. The zero-order valence-corrected chi connectivity index (χ0v) is 12.5. The quantitative estimate of drug-likeness (QED) is 0.556. The van der Waals surface area contributed by atoms with E-state index in [1.165, 1.54) is 0 Å². The Morgan fingerprint density at radius 3 is 1.83 bits per heavy atom. The Balaban J connectivity index is 3.32. The van der Waals surface area contributed by atoms with Gasteiger partial charge in [-0.1, -0.05) is 20.8 Å². The van der Waals surface area contributed by atoms with E-state index in [4.69, 9.17) is 5.84 Å². The molecule has 0 unspecified atom stereocenters. The Hall–Kier alpha value is -1.36. The highest BCUT2D eigenvalue weighted by molar-refractivity contribution is 5.57. The maximum Gasteiger partial charge on any atom is 0.148 e. The summed E-state index contributed by atoms with van der Waals surface area (Å²) in [4.78, 5) is 9.09. The smallest absolute Gasteiger partial charge is 0.148 e. The molecule has 4 N–H and O–H groups in total. The number of hydrogen-bond donors (Lipinski definition) is 3. The van der Waals surface area contributed by atoms with Crippen molar-refractivity contribution in [1.82, 2.24) is 9.97 Å². The van der Waals surface area contributed by atoms with Gasteiger partial charge in [0.25, 0.3) is 0 Å². The Labute approximate surface area is 110 Å². The SMILES string of the molecule is Cc1c(NN)nc(C(C)(C)C)nc1NC(C)(C)C. The summed E-state index contributed by atoms with van der Waals surface area (Å²) >= 11 is 0. The van der Waals surface area contributed by atoms with E-state index in [-0.39, 0.29) is 11.0 Å². The van der Waals surface area contributed by atoms with Crippen LogP contribution in [0.4, 0.5) is 11.6 Å². The number of hydrogen-bond acceptors (Lipinski definition) is 5. The number of nitrogens with one attached hydrogen (secondary N) is 2. The third-order valence-corrected chi connectivity index (χ3v) is 2.45. The molecule has 0 radical (unpaired) electrons. The first kappa shape index (κ1) is 14.7. The van der Waals surface area contributed by atoms with E-state index >= 15 is 0 Å². The Morgan fingerprint density at radius 2 is 1.44 bits per heavy atom. The van der Waals surface area contributed by atoms with Gasteiger partial charge in [0, 0.05) is 16.5 Å². The second-order valence-electron chi connectivity index (χ2n) is 6.64. The Bertz CT molecular complexity index is 426. The molecule has 0 aromatic carbocycles. The van der Waals surface area contributed by atoms with Crippen molar-refractivity contribution in [3.05, 3.63) is 11.4 Å². The van der Waals surface area contributed by atoms with Crippen LogP contribution in [0, 0.1) is 6.92 Å². The lowest BCUT2D eigenvalue weighted by molar-refractivity contribution is 0.543. The van der Waals surface area contributed by atoms with Crippen LogP contribution in [0.1, 0.15) is 52.9 Å². The van der Waals surface area contributed by atoms with Crippen LogP contribution in [-0.2, 0) is 5.41 Å². The fraction of sp³-hybridized carbons (Fsp3) is 0.692. The molecule has 0 amide bonds. The topological polar surface area (TPSA) is 75.9 Å². The number of aromatic nitrogens is 2. The lowest BCUT2D eigenvalue weighted by Gasteiger charge is -2.26. The molecule has 0 bridgehead atoms. The Kier molecular flexibility index (Phi) is 3.86. The molecule has 1 aromatic rings. The van der Waals surface area contributed by atoms with E-state index in [0.29, 0.717) is 5.82 Å². The average molecular weight is 251 g/mol. The lowest BCUT2D eigenvalue weighted by atomic mass is 9.95. The highest BCUT2D eigenvalue weighted by atomic mass is 15.3. The number of nitrogens with two attached hydrogens (primary N) is 1. The molecule has 1 heterocycles. The van der Waals surface area contributed by atoms with Crippen LogP contribution in [-0.4, -0.2) is 15.5 Å². The second-order valence-corrected chi connectivity index (χ2v) is 6.64. The van der Waals surface area contributed by atoms with E-state index in [9.17, 15) is 0 Å². The van der Waals surface area contributed by atoms with Gasteiger partial charge in [-0.2, -0.15) is 0 Å². The molecule has 0 aliphatic carbocycles. The molecule has 102 valence electrons. The predicted molar refractivity (Wildman–Crippen MR) is 76.7 cm³/mol. The van der Waals surface area contributed by atoms with Gasteiger partial charge in [0.2, 0.25) is 0 Å². The summed E-state index contributed by atoms with van der Waals surface area (Å²) in [6.45, 7) is 14.5. The number of anilines is 2. The van der Waals surface area contributed by atoms with Crippen molar-refractivity contribution >= 4 is 11.6 Å². The molecule has 1 rings (SSSR count). The fourth-order valence-corrected chi connectivity index (χ4v) is 1.47. The lowest BCUT2D eigenvalue weighted by Crippen LogP contribution is -2.29. The molecule has 0 atom stereocenters. The summed E-state index contributed by atoms with van der Waals surface area (Å²) in [5.41, 5.74) is 3.40. The van der Waals surface area contributed by atoms with Crippen LogP contribution >= 0.6 is 0 Å². The van der Waals surface area contributed by atoms with Crippen LogP contribution in [0.2, 0.25) is 0 Å². The molecular formula is C13H25N5. The molecule has 5 heteroatoms. The minimum Gasteiger partial charge on any atom is -0.365 e. The molecule has 5 nitrogen and oxygen atoms in total. The summed E-state index contributed by atoms with van der Waals surface area (Å²) in [6.07, 6.45) is 0. The van der Waals surface area contributed by atoms with Gasteiger partial charge in [0.1, 0.15) is 17.5 Å². The Morgan fingerprint density at radius 1 is 0.944 bits per heavy atom. The zero-order valence-electron chi connectivity index (χ0n) is 12.5. The van der Waals surface area contributed by atoms with Crippen molar-refractivity contribution in [2.45, 2.75) is 59.4 Å². The third kappa shape index (κ3) is 3.57. The van der Waals surface area contributed by atoms with E-state index in [0.717, 1.165) is 17.2 Å². The largest absolute Gasteiger partial charge is 0.365 e. The molecule has 1 aromatic heterocycles.